The highest BCUT2D eigenvalue weighted by molar-refractivity contribution is 6.30. The molecule has 0 aliphatic carbocycles. The first kappa shape index (κ1) is 16.9. The molecule has 3 rings (SSSR count). The smallest absolute Gasteiger partial charge is 0.311 e. The summed E-state index contributed by atoms with van der Waals surface area (Å²) in [5, 5.41) is 11.3. The molecule has 0 fully saturated rings. The number of ether oxygens (including phenoxy) is 1. The minimum atomic E-state index is -0.466. The molecule has 0 saturated carbocycles. The highest BCUT2D eigenvalue weighted by Gasteiger charge is 2.18. The van der Waals surface area contributed by atoms with E-state index in [9.17, 15) is 14.9 Å². The Morgan fingerprint density at radius 2 is 2.00 bits per heavy atom. The Labute approximate surface area is 148 Å². The maximum absolute atomic E-state index is 12.0. The molecule has 0 unspecified atom stereocenters. The molecule has 3 aromatic rings. The van der Waals surface area contributed by atoms with Crippen LogP contribution in [0.4, 0.5) is 5.69 Å². The van der Waals surface area contributed by atoms with Crippen LogP contribution in [0.3, 0.4) is 0 Å². The number of rotatable bonds is 5. The number of benzene rings is 1. The van der Waals surface area contributed by atoms with Crippen LogP contribution in [0.1, 0.15) is 12.6 Å². The van der Waals surface area contributed by atoms with E-state index in [-0.39, 0.29) is 24.7 Å². The van der Waals surface area contributed by atoms with Gasteiger partial charge in [0, 0.05) is 23.9 Å². The molecule has 128 valence electrons. The maximum atomic E-state index is 12.0. The molecule has 2 aromatic heterocycles. The number of esters is 1. The van der Waals surface area contributed by atoms with Crippen molar-refractivity contribution >= 4 is 28.9 Å². The van der Waals surface area contributed by atoms with Crippen molar-refractivity contribution in [1.29, 1.82) is 0 Å². The number of aromatic nitrogens is 2. The molecule has 7 nitrogen and oxygen atoms in total. The minimum Gasteiger partial charge on any atom is -0.466 e. The van der Waals surface area contributed by atoms with E-state index in [0.717, 1.165) is 0 Å². The second-order valence-electron chi connectivity index (χ2n) is 5.27. The van der Waals surface area contributed by atoms with Crippen LogP contribution in [-0.4, -0.2) is 26.9 Å². The zero-order valence-electron chi connectivity index (χ0n) is 13.3. The fraction of sp³-hybridized carbons (Fsp3) is 0.176. The van der Waals surface area contributed by atoms with Gasteiger partial charge in [-0.25, -0.2) is 4.98 Å². The molecule has 0 saturated heterocycles. The summed E-state index contributed by atoms with van der Waals surface area (Å²) in [6.45, 7) is 2.02. The first-order valence-corrected chi connectivity index (χ1v) is 7.94. The largest absolute Gasteiger partial charge is 0.466 e. The predicted octanol–water partition coefficient (Wildman–Crippen LogP) is 3.67. The number of non-ortho nitro benzene ring substituents is 1. The van der Waals surface area contributed by atoms with Gasteiger partial charge in [-0.1, -0.05) is 11.6 Å². The fourth-order valence-electron chi connectivity index (χ4n) is 2.56. The third-order valence-electron chi connectivity index (χ3n) is 3.65. The number of carbonyl (C=O) groups is 1. The molecule has 0 atom stereocenters. The third-order valence-corrected chi connectivity index (χ3v) is 3.87. The van der Waals surface area contributed by atoms with Crippen LogP contribution in [0.2, 0.25) is 5.02 Å². The monoisotopic (exact) mass is 359 g/mol. The quantitative estimate of drug-likeness (QED) is 0.394. The number of fused-ring (bicyclic) bond motifs is 1. The van der Waals surface area contributed by atoms with E-state index < -0.39 is 4.92 Å². The lowest BCUT2D eigenvalue weighted by Gasteiger charge is -2.06. The molecule has 0 amide bonds. The molecular weight excluding hydrogens is 346 g/mol. The van der Waals surface area contributed by atoms with Crippen molar-refractivity contribution in [1.82, 2.24) is 9.38 Å². The molecule has 0 spiro atoms. The number of nitrogens with zero attached hydrogens (tertiary/aromatic N) is 3. The summed E-state index contributed by atoms with van der Waals surface area (Å²) in [5.41, 5.74) is 2.46. The van der Waals surface area contributed by atoms with E-state index in [0.29, 0.717) is 27.6 Å². The normalized spacial score (nSPS) is 10.8. The van der Waals surface area contributed by atoms with Crippen molar-refractivity contribution < 1.29 is 14.5 Å². The minimum absolute atomic E-state index is 0.0116. The first-order valence-electron chi connectivity index (χ1n) is 7.56. The summed E-state index contributed by atoms with van der Waals surface area (Å²) >= 11 is 6.06. The lowest BCUT2D eigenvalue weighted by Crippen LogP contribution is -2.10. The van der Waals surface area contributed by atoms with E-state index in [1.54, 1.807) is 41.8 Å². The van der Waals surface area contributed by atoms with Gasteiger partial charge in [0.15, 0.2) is 0 Å². The van der Waals surface area contributed by atoms with Crippen LogP contribution in [0.15, 0.2) is 42.6 Å². The van der Waals surface area contributed by atoms with Crippen LogP contribution in [0.5, 0.6) is 0 Å². The summed E-state index contributed by atoms with van der Waals surface area (Å²) in [7, 11) is 0. The third kappa shape index (κ3) is 3.46. The molecule has 0 N–H and O–H groups in total. The molecule has 0 radical (unpaired) electrons. The van der Waals surface area contributed by atoms with Gasteiger partial charge in [-0.2, -0.15) is 0 Å². The number of nitro groups is 1. The van der Waals surface area contributed by atoms with E-state index in [1.807, 2.05) is 0 Å². The average molecular weight is 360 g/mol. The summed E-state index contributed by atoms with van der Waals surface area (Å²) in [5.74, 6) is -0.382. The topological polar surface area (TPSA) is 86.7 Å². The van der Waals surface area contributed by atoms with Crippen molar-refractivity contribution in [3.63, 3.8) is 0 Å². The number of halogens is 1. The second-order valence-corrected chi connectivity index (χ2v) is 5.70. The summed E-state index contributed by atoms with van der Waals surface area (Å²) < 4.78 is 6.77. The predicted molar refractivity (Wildman–Crippen MR) is 92.6 cm³/mol. The first-order chi connectivity index (χ1) is 12.0. The van der Waals surface area contributed by atoms with Crippen LogP contribution in [0.25, 0.3) is 16.9 Å². The van der Waals surface area contributed by atoms with Crippen molar-refractivity contribution in [3.8, 4) is 11.3 Å². The number of carbonyl (C=O) groups excluding carboxylic acids is 1. The van der Waals surface area contributed by atoms with Gasteiger partial charge in [-0.3, -0.25) is 14.9 Å². The fourth-order valence-corrected chi connectivity index (χ4v) is 2.72. The summed E-state index contributed by atoms with van der Waals surface area (Å²) in [4.78, 5) is 26.9. The number of nitro benzene ring substituents is 1. The molecule has 0 bridgehead atoms. The lowest BCUT2D eigenvalue weighted by atomic mass is 10.1. The molecule has 0 aliphatic rings. The highest BCUT2D eigenvalue weighted by atomic mass is 35.5. The standard InChI is InChI=1S/C17H14ClN3O4/c1-2-25-16(22)9-14-17(11-3-6-13(7-4-11)21(23)24)19-15-8-5-12(18)10-20(14)15/h3-8,10H,2,9H2,1H3. The van der Waals surface area contributed by atoms with Crippen molar-refractivity contribution in [2.75, 3.05) is 6.61 Å². The Hall–Kier alpha value is -2.93. The van der Waals surface area contributed by atoms with E-state index in [4.69, 9.17) is 16.3 Å². The van der Waals surface area contributed by atoms with Crippen molar-refractivity contribution in [2.45, 2.75) is 13.3 Å². The number of pyridine rings is 1. The van der Waals surface area contributed by atoms with Gasteiger partial charge in [-0.05, 0) is 31.2 Å². The van der Waals surface area contributed by atoms with Crippen molar-refractivity contribution in [2.24, 2.45) is 0 Å². The second kappa shape index (κ2) is 6.90. The lowest BCUT2D eigenvalue weighted by molar-refractivity contribution is -0.384. The SMILES string of the molecule is CCOC(=O)Cc1c(-c2ccc([N+](=O)[O-])cc2)nc2ccc(Cl)cn12. The van der Waals surface area contributed by atoms with Crippen LogP contribution >= 0.6 is 11.6 Å². The van der Waals surface area contributed by atoms with Crippen molar-refractivity contribution in [3.05, 3.63) is 63.4 Å². The van der Waals surface area contributed by atoms with Gasteiger partial charge in [0.25, 0.3) is 5.69 Å². The highest BCUT2D eigenvalue weighted by Crippen LogP contribution is 2.28. The Kier molecular flexibility index (Phi) is 4.67. The molecule has 25 heavy (non-hydrogen) atoms. The van der Waals surface area contributed by atoms with Gasteiger partial charge in [0.1, 0.15) is 5.65 Å². The molecular formula is C17H14ClN3O4. The van der Waals surface area contributed by atoms with E-state index in [1.165, 1.54) is 12.1 Å². The number of imidazole rings is 1. The van der Waals surface area contributed by atoms with Gasteiger partial charge >= 0.3 is 5.97 Å². The summed E-state index contributed by atoms with van der Waals surface area (Å²) in [6.07, 6.45) is 1.69. The summed E-state index contributed by atoms with van der Waals surface area (Å²) in [6, 6.07) is 9.47. The van der Waals surface area contributed by atoms with Crippen LogP contribution in [0, 0.1) is 10.1 Å². The van der Waals surface area contributed by atoms with E-state index in [2.05, 4.69) is 4.98 Å². The molecule has 2 heterocycles. The van der Waals surface area contributed by atoms with Gasteiger partial charge < -0.3 is 9.14 Å². The van der Waals surface area contributed by atoms with Gasteiger partial charge in [-0.15, -0.1) is 0 Å². The Morgan fingerprint density at radius 1 is 1.28 bits per heavy atom. The molecule has 1 aromatic carbocycles. The number of hydrogen-bond donors (Lipinski definition) is 0. The Bertz CT molecular complexity index is 950. The number of hydrogen-bond acceptors (Lipinski definition) is 5. The van der Waals surface area contributed by atoms with E-state index >= 15 is 0 Å². The maximum Gasteiger partial charge on any atom is 0.311 e. The Morgan fingerprint density at radius 3 is 2.64 bits per heavy atom. The zero-order chi connectivity index (χ0) is 18.0. The van der Waals surface area contributed by atoms with Crippen LogP contribution in [-0.2, 0) is 16.0 Å². The Balaban J connectivity index is 2.12. The zero-order valence-corrected chi connectivity index (χ0v) is 14.1. The van der Waals surface area contributed by atoms with Gasteiger partial charge in [0.2, 0.25) is 0 Å². The molecule has 0 aliphatic heterocycles. The van der Waals surface area contributed by atoms with Crippen LogP contribution < -0.4 is 0 Å². The van der Waals surface area contributed by atoms with Gasteiger partial charge in [0.05, 0.1) is 34.4 Å². The molecule has 8 heteroatoms. The average Bonchev–Trinajstić information content (AvgIpc) is 2.93.